The van der Waals surface area contributed by atoms with Crippen LogP contribution in [0.15, 0.2) is 42.5 Å². The van der Waals surface area contributed by atoms with Crippen molar-refractivity contribution in [1.29, 1.82) is 0 Å². The molecular weight excluding hydrogens is 364 g/mol. The molecule has 2 aromatic carbocycles. The minimum Gasteiger partial charge on any atom is -0.495 e. The van der Waals surface area contributed by atoms with E-state index < -0.39 is 11.3 Å². The zero-order valence-electron chi connectivity index (χ0n) is 16.3. The van der Waals surface area contributed by atoms with Crippen molar-refractivity contribution in [3.05, 3.63) is 53.1 Å². The molecule has 27 heavy (non-hydrogen) atoms. The van der Waals surface area contributed by atoms with Gasteiger partial charge in [-0.15, -0.1) is 0 Å². The van der Waals surface area contributed by atoms with Gasteiger partial charge in [0, 0.05) is 17.9 Å². The third-order valence-electron chi connectivity index (χ3n) is 4.39. The Morgan fingerprint density at radius 2 is 1.89 bits per heavy atom. The SMILES string of the molecule is CCN(C(=O)C(C)(C)C(=O)Nc1ccc(OC)c(Cl)c1)c1cccc(C)c1. The number of hydrogen-bond donors (Lipinski definition) is 1. The molecule has 0 aliphatic heterocycles. The summed E-state index contributed by atoms with van der Waals surface area (Å²) in [7, 11) is 1.52. The van der Waals surface area contributed by atoms with Crippen molar-refractivity contribution in [2.75, 3.05) is 23.9 Å². The Hall–Kier alpha value is -2.53. The second-order valence-electron chi connectivity index (χ2n) is 6.82. The van der Waals surface area contributed by atoms with Gasteiger partial charge in [-0.1, -0.05) is 23.7 Å². The van der Waals surface area contributed by atoms with Gasteiger partial charge < -0.3 is 15.0 Å². The van der Waals surface area contributed by atoms with E-state index in [1.165, 1.54) is 7.11 Å². The molecule has 0 aliphatic rings. The molecule has 0 aromatic heterocycles. The number of hydrogen-bond acceptors (Lipinski definition) is 3. The lowest BCUT2D eigenvalue weighted by Crippen LogP contribution is -2.47. The number of ether oxygens (including phenoxy) is 1. The standard InChI is InChI=1S/C21H25ClN2O3/c1-6-24(16-9-7-8-14(2)12-16)20(26)21(3,4)19(25)23-15-10-11-18(27-5)17(22)13-15/h7-13H,6H2,1-5H3,(H,23,25). The van der Waals surface area contributed by atoms with Crippen molar-refractivity contribution in [3.63, 3.8) is 0 Å². The molecule has 0 radical (unpaired) electrons. The number of rotatable bonds is 6. The van der Waals surface area contributed by atoms with Crippen LogP contribution in [0.4, 0.5) is 11.4 Å². The Balaban J connectivity index is 2.23. The lowest BCUT2D eigenvalue weighted by atomic mass is 9.89. The second kappa shape index (κ2) is 8.44. The van der Waals surface area contributed by atoms with Crippen molar-refractivity contribution in [2.45, 2.75) is 27.7 Å². The molecule has 2 rings (SSSR count). The van der Waals surface area contributed by atoms with E-state index >= 15 is 0 Å². The summed E-state index contributed by atoms with van der Waals surface area (Å²) in [6.07, 6.45) is 0. The average Bonchev–Trinajstić information content (AvgIpc) is 2.62. The van der Waals surface area contributed by atoms with E-state index in [4.69, 9.17) is 16.3 Å². The number of carbonyl (C=O) groups is 2. The highest BCUT2D eigenvalue weighted by Gasteiger charge is 2.39. The van der Waals surface area contributed by atoms with Crippen molar-refractivity contribution in [3.8, 4) is 5.75 Å². The number of anilines is 2. The summed E-state index contributed by atoms with van der Waals surface area (Å²) in [4.78, 5) is 27.6. The van der Waals surface area contributed by atoms with E-state index in [2.05, 4.69) is 5.32 Å². The molecular formula is C21H25ClN2O3. The lowest BCUT2D eigenvalue weighted by molar-refractivity contribution is -0.136. The summed E-state index contributed by atoms with van der Waals surface area (Å²) in [6, 6.07) is 12.6. The summed E-state index contributed by atoms with van der Waals surface area (Å²) in [5, 5.41) is 3.15. The third-order valence-corrected chi connectivity index (χ3v) is 4.68. The molecule has 0 saturated heterocycles. The van der Waals surface area contributed by atoms with Crippen molar-refractivity contribution in [2.24, 2.45) is 5.41 Å². The molecule has 0 unspecified atom stereocenters. The Morgan fingerprint density at radius 1 is 1.19 bits per heavy atom. The number of carbonyl (C=O) groups excluding carboxylic acids is 2. The van der Waals surface area contributed by atoms with Gasteiger partial charge in [-0.05, 0) is 63.6 Å². The molecule has 2 aromatic rings. The van der Waals surface area contributed by atoms with Crippen molar-refractivity contribution >= 4 is 34.8 Å². The van der Waals surface area contributed by atoms with Gasteiger partial charge in [0.15, 0.2) is 0 Å². The quantitative estimate of drug-likeness (QED) is 0.731. The molecule has 0 atom stereocenters. The van der Waals surface area contributed by atoms with Gasteiger partial charge >= 0.3 is 0 Å². The smallest absolute Gasteiger partial charge is 0.242 e. The van der Waals surface area contributed by atoms with Crippen molar-refractivity contribution < 1.29 is 14.3 Å². The fraction of sp³-hybridized carbons (Fsp3) is 0.333. The average molecular weight is 389 g/mol. The summed E-state index contributed by atoms with van der Waals surface area (Å²) in [5.74, 6) is -0.158. The first kappa shape index (κ1) is 20.8. The minimum absolute atomic E-state index is 0.271. The van der Waals surface area contributed by atoms with Crippen LogP contribution in [-0.2, 0) is 9.59 Å². The van der Waals surface area contributed by atoms with Crippen LogP contribution >= 0.6 is 11.6 Å². The van der Waals surface area contributed by atoms with Crippen molar-refractivity contribution in [1.82, 2.24) is 0 Å². The Labute approximate surface area is 165 Å². The van der Waals surface area contributed by atoms with Gasteiger partial charge in [0.2, 0.25) is 11.8 Å². The monoisotopic (exact) mass is 388 g/mol. The Morgan fingerprint density at radius 3 is 2.44 bits per heavy atom. The summed E-state index contributed by atoms with van der Waals surface area (Å²) >= 11 is 6.11. The highest BCUT2D eigenvalue weighted by Crippen LogP contribution is 2.30. The van der Waals surface area contributed by atoms with E-state index in [9.17, 15) is 9.59 Å². The highest BCUT2D eigenvalue weighted by atomic mass is 35.5. The van der Waals surface area contributed by atoms with Crippen LogP contribution in [0, 0.1) is 12.3 Å². The molecule has 0 spiro atoms. The number of methoxy groups -OCH3 is 1. The molecule has 6 heteroatoms. The molecule has 0 fully saturated rings. The van der Waals surface area contributed by atoms with Gasteiger partial charge in [-0.2, -0.15) is 0 Å². The molecule has 0 heterocycles. The summed E-state index contributed by atoms with van der Waals surface area (Å²) in [5.41, 5.74) is 1.07. The topological polar surface area (TPSA) is 58.6 Å². The van der Waals surface area contributed by atoms with Crippen LogP contribution < -0.4 is 15.0 Å². The molecule has 0 aliphatic carbocycles. The fourth-order valence-corrected chi connectivity index (χ4v) is 2.96. The normalized spacial score (nSPS) is 11.0. The molecule has 144 valence electrons. The Bertz CT molecular complexity index is 849. The lowest BCUT2D eigenvalue weighted by Gasteiger charge is -2.30. The summed E-state index contributed by atoms with van der Waals surface area (Å²) < 4.78 is 5.11. The highest BCUT2D eigenvalue weighted by molar-refractivity contribution is 6.32. The van der Waals surface area contributed by atoms with Crippen LogP contribution in [0.1, 0.15) is 26.3 Å². The van der Waals surface area contributed by atoms with Crippen LogP contribution in [0.25, 0.3) is 0 Å². The zero-order chi connectivity index (χ0) is 20.2. The van der Waals surface area contributed by atoms with E-state index in [0.29, 0.717) is 23.0 Å². The van der Waals surface area contributed by atoms with E-state index in [0.717, 1.165) is 11.3 Å². The molecule has 0 bridgehead atoms. The molecule has 2 amide bonds. The number of benzene rings is 2. The Kier molecular flexibility index (Phi) is 6.50. The fourth-order valence-electron chi connectivity index (χ4n) is 2.71. The van der Waals surface area contributed by atoms with Crippen LogP contribution in [-0.4, -0.2) is 25.5 Å². The molecule has 0 saturated carbocycles. The van der Waals surface area contributed by atoms with E-state index in [-0.39, 0.29) is 5.91 Å². The van der Waals surface area contributed by atoms with E-state index in [1.807, 2.05) is 38.1 Å². The van der Waals surface area contributed by atoms with Crippen LogP contribution in [0.5, 0.6) is 5.75 Å². The molecule has 1 N–H and O–H groups in total. The van der Waals surface area contributed by atoms with Gasteiger partial charge in [0.25, 0.3) is 0 Å². The maximum absolute atomic E-state index is 13.1. The predicted octanol–water partition coefficient (Wildman–Crippen LogP) is 4.67. The van der Waals surface area contributed by atoms with Gasteiger partial charge in [0.05, 0.1) is 12.1 Å². The number of nitrogens with zero attached hydrogens (tertiary/aromatic N) is 1. The minimum atomic E-state index is -1.26. The largest absolute Gasteiger partial charge is 0.495 e. The zero-order valence-corrected chi connectivity index (χ0v) is 17.1. The molecule has 5 nitrogen and oxygen atoms in total. The first-order valence-corrected chi connectivity index (χ1v) is 9.12. The first-order chi connectivity index (χ1) is 12.7. The van der Waals surface area contributed by atoms with E-state index in [1.54, 1.807) is 36.9 Å². The third kappa shape index (κ3) is 4.61. The number of halogens is 1. The maximum atomic E-state index is 13.1. The number of amides is 2. The van der Waals surface area contributed by atoms with Gasteiger partial charge in [-0.3, -0.25) is 9.59 Å². The number of aryl methyl sites for hydroxylation is 1. The van der Waals surface area contributed by atoms with Gasteiger partial charge in [-0.25, -0.2) is 0 Å². The van der Waals surface area contributed by atoms with Crippen LogP contribution in [0.2, 0.25) is 5.02 Å². The maximum Gasteiger partial charge on any atom is 0.242 e. The number of nitrogens with one attached hydrogen (secondary N) is 1. The predicted molar refractivity (Wildman–Crippen MR) is 110 cm³/mol. The first-order valence-electron chi connectivity index (χ1n) is 8.74. The van der Waals surface area contributed by atoms with Crippen LogP contribution in [0.3, 0.4) is 0 Å². The second-order valence-corrected chi connectivity index (χ2v) is 7.22. The summed E-state index contributed by atoms with van der Waals surface area (Å²) in [6.45, 7) is 7.56. The van der Waals surface area contributed by atoms with Gasteiger partial charge in [0.1, 0.15) is 11.2 Å².